The second kappa shape index (κ2) is 8.67. The quantitative estimate of drug-likeness (QED) is 0.512. The third kappa shape index (κ3) is 4.82. The lowest BCUT2D eigenvalue weighted by Crippen LogP contribution is -2.25. The fourth-order valence-corrected chi connectivity index (χ4v) is 2.76. The molecule has 1 heterocycles. The molecule has 0 unspecified atom stereocenters. The maximum Gasteiger partial charge on any atom is 0.136 e. The van der Waals surface area contributed by atoms with E-state index in [9.17, 15) is 4.91 Å². The zero-order valence-electron chi connectivity index (χ0n) is 15.4. The lowest BCUT2D eigenvalue weighted by atomic mass is 9.93. The number of ether oxygens (including phenoxy) is 1. The highest BCUT2D eigenvalue weighted by Gasteiger charge is 2.25. The van der Waals surface area contributed by atoms with Crippen molar-refractivity contribution in [3.05, 3.63) is 46.8 Å². The van der Waals surface area contributed by atoms with Crippen molar-refractivity contribution in [1.82, 2.24) is 9.55 Å². The average Bonchev–Trinajstić information content (AvgIpc) is 2.90. The van der Waals surface area contributed by atoms with Crippen molar-refractivity contribution in [2.75, 3.05) is 20.2 Å². The number of aromatic nitrogens is 2. The topological polar surface area (TPSA) is 68.8 Å². The van der Waals surface area contributed by atoms with E-state index >= 15 is 0 Å². The minimum atomic E-state index is -0.284. The van der Waals surface area contributed by atoms with E-state index in [1.807, 2.05) is 39.0 Å². The fourth-order valence-electron chi connectivity index (χ4n) is 2.76. The molecule has 0 saturated heterocycles. The summed E-state index contributed by atoms with van der Waals surface area (Å²) in [6.07, 6.45) is 1.76. The zero-order chi connectivity index (χ0) is 18.3. The van der Waals surface area contributed by atoms with Crippen LogP contribution < -0.4 is 0 Å². The largest absolute Gasteiger partial charge is 0.374 e. The first-order chi connectivity index (χ1) is 12.0. The molecule has 0 N–H and O–H groups in total. The van der Waals surface area contributed by atoms with Crippen molar-refractivity contribution < 1.29 is 4.74 Å². The van der Waals surface area contributed by atoms with E-state index in [-0.39, 0.29) is 12.0 Å². The second-order valence-corrected chi connectivity index (χ2v) is 6.69. The van der Waals surface area contributed by atoms with Gasteiger partial charge in [0, 0.05) is 37.4 Å². The Labute approximate surface area is 148 Å². The van der Waals surface area contributed by atoms with Crippen LogP contribution in [0, 0.1) is 10.3 Å². The van der Waals surface area contributed by atoms with Crippen LogP contribution in [0.2, 0.25) is 0 Å². The normalized spacial score (nSPS) is 12.0. The van der Waals surface area contributed by atoms with Crippen molar-refractivity contribution in [3.8, 4) is 11.3 Å². The molecule has 0 amide bonds. The predicted octanol–water partition coefficient (Wildman–Crippen LogP) is 3.93. The third-order valence-corrected chi connectivity index (χ3v) is 3.89. The van der Waals surface area contributed by atoms with Crippen LogP contribution in [-0.2, 0) is 17.9 Å². The van der Waals surface area contributed by atoms with Gasteiger partial charge in [-0.05, 0) is 6.92 Å². The van der Waals surface area contributed by atoms with E-state index in [0.29, 0.717) is 19.8 Å². The highest BCUT2D eigenvalue weighted by molar-refractivity contribution is 5.87. The van der Waals surface area contributed by atoms with Gasteiger partial charge in [0.05, 0.1) is 12.2 Å². The molecule has 0 atom stereocenters. The Balaban J connectivity index is 2.59. The van der Waals surface area contributed by atoms with Crippen LogP contribution in [-0.4, -0.2) is 36.0 Å². The first-order valence-corrected chi connectivity index (χ1v) is 8.46. The monoisotopic (exact) mass is 342 g/mol. The fraction of sp³-hybridized carbons (Fsp3) is 0.474. The molecule has 0 aliphatic rings. The summed E-state index contributed by atoms with van der Waals surface area (Å²) in [6.45, 7) is 7.91. The molecule has 134 valence electrons. The van der Waals surface area contributed by atoms with Gasteiger partial charge >= 0.3 is 0 Å². The van der Waals surface area contributed by atoms with Gasteiger partial charge in [0.15, 0.2) is 0 Å². The highest BCUT2D eigenvalue weighted by Crippen LogP contribution is 2.29. The van der Waals surface area contributed by atoms with Gasteiger partial charge in [0.2, 0.25) is 0 Å². The highest BCUT2D eigenvalue weighted by atomic mass is 16.5. The van der Waals surface area contributed by atoms with E-state index in [2.05, 4.69) is 26.9 Å². The molecule has 25 heavy (non-hydrogen) atoms. The molecule has 6 heteroatoms. The average molecular weight is 342 g/mol. The SMILES string of the molecule is CCOCc1nc(C=NC)c(-c2ccccc2)n1CC(C)(C)CN=O. The first-order valence-electron chi connectivity index (χ1n) is 8.46. The molecule has 2 aromatic rings. The van der Waals surface area contributed by atoms with Gasteiger partial charge < -0.3 is 9.30 Å². The van der Waals surface area contributed by atoms with Gasteiger partial charge in [0.25, 0.3) is 0 Å². The summed E-state index contributed by atoms with van der Waals surface area (Å²) in [4.78, 5) is 19.7. The summed E-state index contributed by atoms with van der Waals surface area (Å²) in [6, 6.07) is 10.1. The molecular formula is C19H26N4O2. The summed E-state index contributed by atoms with van der Waals surface area (Å²) in [5, 5.41) is 3.10. The van der Waals surface area contributed by atoms with Crippen LogP contribution in [0.15, 0.2) is 40.5 Å². The second-order valence-electron chi connectivity index (χ2n) is 6.69. The van der Waals surface area contributed by atoms with E-state index < -0.39 is 0 Å². The molecule has 1 aromatic carbocycles. The molecule has 0 radical (unpaired) electrons. The molecule has 6 nitrogen and oxygen atoms in total. The summed E-state index contributed by atoms with van der Waals surface area (Å²) >= 11 is 0. The van der Waals surface area contributed by atoms with Gasteiger partial charge in [-0.2, -0.15) is 4.91 Å². The molecule has 1 aromatic heterocycles. The van der Waals surface area contributed by atoms with E-state index in [4.69, 9.17) is 9.72 Å². The summed E-state index contributed by atoms with van der Waals surface area (Å²) < 4.78 is 7.74. The Hall–Kier alpha value is -2.34. The van der Waals surface area contributed by atoms with Crippen LogP contribution in [0.1, 0.15) is 32.3 Å². The van der Waals surface area contributed by atoms with Crippen LogP contribution in [0.3, 0.4) is 0 Å². The van der Waals surface area contributed by atoms with E-state index in [1.165, 1.54) is 0 Å². The third-order valence-electron chi connectivity index (χ3n) is 3.89. The lowest BCUT2D eigenvalue weighted by Gasteiger charge is -2.24. The number of hydrogen-bond acceptors (Lipinski definition) is 5. The lowest BCUT2D eigenvalue weighted by molar-refractivity contribution is 0.123. The Morgan fingerprint density at radius 2 is 2.00 bits per heavy atom. The zero-order valence-corrected chi connectivity index (χ0v) is 15.4. The minimum absolute atomic E-state index is 0.241. The number of nitroso groups, excluding NO2 is 1. The minimum Gasteiger partial charge on any atom is -0.374 e. The number of hydrogen-bond donors (Lipinski definition) is 0. The number of benzene rings is 1. The molecular weight excluding hydrogens is 316 g/mol. The van der Waals surface area contributed by atoms with Crippen molar-refractivity contribution in [2.45, 2.75) is 33.9 Å². The number of aliphatic imine (C=N–C) groups is 1. The number of rotatable bonds is 9. The van der Waals surface area contributed by atoms with E-state index in [0.717, 1.165) is 22.8 Å². The smallest absolute Gasteiger partial charge is 0.136 e. The maximum atomic E-state index is 10.8. The first kappa shape index (κ1) is 19.0. The molecule has 0 fully saturated rings. The van der Waals surface area contributed by atoms with Crippen molar-refractivity contribution >= 4 is 6.21 Å². The van der Waals surface area contributed by atoms with Crippen LogP contribution in [0.25, 0.3) is 11.3 Å². The van der Waals surface area contributed by atoms with Gasteiger partial charge in [0.1, 0.15) is 18.1 Å². The summed E-state index contributed by atoms with van der Waals surface area (Å²) in [5.41, 5.74) is 2.56. The summed E-state index contributed by atoms with van der Waals surface area (Å²) in [7, 11) is 1.73. The van der Waals surface area contributed by atoms with Crippen LogP contribution in [0.4, 0.5) is 0 Å². The standard InChI is InChI=1S/C19H26N4O2/c1-5-25-12-17-22-16(11-20-4)18(15-9-7-6-8-10-15)23(17)14-19(2,3)13-21-24/h6-11H,5,12-14H2,1-4H3. The van der Waals surface area contributed by atoms with Crippen molar-refractivity contribution in [2.24, 2.45) is 15.6 Å². The molecule has 0 saturated carbocycles. The Bertz CT molecular complexity index is 721. The van der Waals surface area contributed by atoms with Gasteiger partial charge in [-0.1, -0.05) is 49.4 Å². The molecule has 2 rings (SSSR count). The van der Waals surface area contributed by atoms with Gasteiger partial charge in [-0.25, -0.2) is 4.98 Å². The molecule has 0 spiro atoms. The van der Waals surface area contributed by atoms with Crippen molar-refractivity contribution in [3.63, 3.8) is 0 Å². The van der Waals surface area contributed by atoms with Gasteiger partial charge in [-0.3, -0.25) is 4.99 Å². The van der Waals surface area contributed by atoms with Crippen LogP contribution >= 0.6 is 0 Å². The predicted molar refractivity (Wildman–Crippen MR) is 101 cm³/mol. The van der Waals surface area contributed by atoms with Crippen molar-refractivity contribution in [1.29, 1.82) is 0 Å². The molecule has 0 aliphatic heterocycles. The molecule has 0 aliphatic carbocycles. The Morgan fingerprint density at radius 1 is 1.28 bits per heavy atom. The Kier molecular flexibility index (Phi) is 6.58. The number of imidazole rings is 1. The summed E-state index contributed by atoms with van der Waals surface area (Å²) in [5.74, 6) is 0.828. The number of nitrogens with zero attached hydrogens (tertiary/aromatic N) is 4. The Morgan fingerprint density at radius 3 is 2.60 bits per heavy atom. The molecule has 0 bridgehead atoms. The maximum absolute atomic E-state index is 10.8. The van der Waals surface area contributed by atoms with E-state index in [1.54, 1.807) is 13.3 Å². The van der Waals surface area contributed by atoms with Crippen LogP contribution in [0.5, 0.6) is 0 Å². The van der Waals surface area contributed by atoms with Gasteiger partial charge in [-0.15, -0.1) is 0 Å².